The van der Waals surface area contributed by atoms with E-state index >= 15 is 0 Å². The summed E-state index contributed by atoms with van der Waals surface area (Å²) in [5.41, 5.74) is 5.93. The molecule has 1 aliphatic rings. The molecule has 0 bridgehead atoms. The molecule has 0 saturated carbocycles. The number of amides is 1. The Balaban J connectivity index is 2.40. The van der Waals surface area contributed by atoms with Gasteiger partial charge in [-0.2, -0.15) is 0 Å². The number of hydrogen-bond acceptors (Lipinski definition) is 3. The van der Waals surface area contributed by atoms with Gasteiger partial charge < -0.3 is 15.5 Å². The molecule has 100 valence electrons. The molecule has 2 N–H and O–H groups in total. The van der Waals surface area contributed by atoms with Crippen LogP contribution in [0.3, 0.4) is 0 Å². The van der Waals surface area contributed by atoms with Gasteiger partial charge in [-0.15, -0.1) is 0 Å². The third kappa shape index (κ3) is 4.64. The van der Waals surface area contributed by atoms with E-state index < -0.39 is 0 Å². The van der Waals surface area contributed by atoms with Crippen molar-refractivity contribution in [3.8, 4) is 0 Å². The number of nitrogens with two attached hydrogens (primary N) is 1. The Hall–Kier alpha value is -0.610. The molecule has 2 atom stereocenters. The van der Waals surface area contributed by atoms with Gasteiger partial charge in [-0.05, 0) is 33.4 Å². The SMILES string of the molecule is CCCC(N)CC(=O)N1CCCC(N(C)C)C1. The molecule has 1 rings (SSSR count). The van der Waals surface area contributed by atoms with E-state index in [1.165, 1.54) is 6.42 Å². The lowest BCUT2D eigenvalue weighted by Gasteiger charge is -2.36. The van der Waals surface area contributed by atoms with Gasteiger partial charge in [0.1, 0.15) is 0 Å². The zero-order chi connectivity index (χ0) is 12.8. The quantitative estimate of drug-likeness (QED) is 0.783. The van der Waals surface area contributed by atoms with Crippen molar-refractivity contribution in [1.29, 1.82) is 0 Å². The highest BCUT2D eigenvalue weighted by Crippen LogP contribution is 2.15. The molecule has 17 heavy (non-hydrogen) atoms. The van der Waals surface area contributed by atoms with Crippen molar-refractivity contribution in [2.45, 2.75) is 51.1 Å². The maximum absolute atomic E-state index is 12.1. The highest BCUT2D eigenvalue weighted by Gasteiger charge is 2.25. The van der Waals surface area contributed by atoms with Crippen LogP contribution in [-0.4, -0.2) is 55.0 Å². The summed E-state index contributed by atoms with van der Waals surface area (Å²) in [5.74, 6) is 0.234. The highest BCUT2D eigenvalue weighted by atomic mass is 16.2. The average molecular weight is 241 g/mol. The van der Waals surface area contributed by atoms with Crippen LogP contribution in [0.1, 0.15) is 39.0 Å². The van der Waals surface area contributed by atoms with Crippen LogP contribution in [0.4, 0.5) is 0 Å². The number of likely N-dealkylation sites (N-methyl/N-ethyl adjacent to an activating group) is 1. The van der Waals surface area contributed by atoms with Crippen LogP contribution in [0.2, 0.25) is 0 Å². The Bertz CT molecular complexity index is 243. The fraction of sp³-hybridized carbons (Fsp3) is 0.923. The first-order valence-corrected chi connectivity index (χ1v) is 6.74. The van der Waals surface area contributed by atoms with Crippen molar-refractivity contribution >= 4 is 5.91 Å². The first-order chi connectivity index (χ1) is 8.04. The minimum atomic E-state index is 0.0345. The molecule has 1 amide bonds. The summed E-state index contributed by atoms with van der Waals surface area (Å²) in [6.45, 7) is 3.88. The van der Waals surface area contributed by atoms with Gasteiger partial charge in [-0.25, -0.2) is 0 Å². The van der Waals surface area contributed by atoms with Crippen molar-refractivity contribution in [3.05, 3.63) is 0 Å². The Morgan fingerprint density at radius 1 is 1.53 bits per heavy atom. The second-order valence-corrected chi connectivity index (χ2v) is 5.35. The molecule has 2 unspecified atom stereocenters. The van der Waals surface area contributed by atoms with Crippen molar-refractivity contribution in [3.63, 3.8) is 0 Å². The highest BCUT2D eigenvalue weighted by molar-refractivity contribution is 5.77. The van der Waals surface area contributed by atoms with Crippen molar-refractivity contribution in [1.82, 2.24) is 9.80 Å². The number of carbonyl (C=O) groups excluding carboxylic acids is 1. The van der Waals surface area contributed by atoms with Gasteiger partial charge in [0.15, 0.2) is 0 Å². The summed E-state index contributed by atoms with van der Waals surface area (Å²) in [5, 5.41) is 0. The molecule has 1 heterocycles. The van der Waals surface area contributed by atoms with Gasteiger partial charge >= 0.3 is 0 Å². The normalized spacial score (nSPS) is 22.9. The van der Waals surface area contributed by atoms with Crippen molar-refractivity contribution < 1.29 is 4.79 Å². The molecule has 0 aromatic heterocycles. The topological polar surface area (TPSA) is 49.6 Å². The smallest absolute Gasteiger partial charge is 0.224 e. The van der Waals surface area contributed by atoms with Gasteiger partial charge in [0.25, 0.3) is 0 Å². The van der Waals surface area contributed by atoms with Crippen molar-refractivity contribution in [2.75, 3.05) is 27.2 Å². The lowest BCUT2D eigenvalue weighted by molar-refractivity contribution is -0.133. The summed E-state index contributed by atoms with van der Waals surface area (Å²) in [7, 11) is 4.17. The minimum Gasteiger partial charge on any atom is -0.341 e. The third-order valence-corrected chi connectivity index (χ3v) is 3.58. The van der Waals surface area contributed by atoms with E-state index in [1.54, 1.807) is 0 Å². The Kier molecular flexibility index (Phi) is 5.92. The predicted molar refractivity (Wildman–Crippen MR) is 70.8 cm³/mol. The number of nitrogens with zero attached hydrogens (tertiary/aromatic N) is 2. The number of rotatable bonds is 5. The fourth-order valence-electron chi connectivity index (χ4n) is 2.43. The zero-order valence-electron chi connectivity index (χ0n) is 11.5. The van der Waals surface area contributed by atoms with E-state index in [4.69, 9.17) is 5.73 Å². The monoisotopic (exact) mass is 241 g/mol. The van der Waals surface area contributed by atoms with Crippen molar-refractivity contribution in [2.24, 2.45) is 5.73 Å². The van der Waals surface area contributed by atoms with E-state index in [0.29, 0.717) is 12.5 Å². The maximum Gasteiger partial charge on any atom is 0.224 e. The Morgan fingerprint density at radius 2 is 2.24 bits per heavy atom. The van der Waals surface area contributed by atoms with Crippen LogP contribution in [0.25, 0.3) is 0 Å². The molecule has 0 aromatic carbocycles. The van der Waals surface area contributed by atoms with Crippen LogP contribution >= 0.6 is 0 Å². The summed E-state index contributed by atoms with van der Waals surface area (Å²) in [6, 6.07) is 0.544. The van der Waals surface area contributed by atoms with E-state index in [2.05, 4.69) is 25.9 Å². The van der Waals surface area contributed by atoms with E-state index in [1.807, 2.05) is 4.90 Å². The van der Waals surface area contributed by atoms with E-state index in [0.717, 1.165) is 32.4 Å². The van der Waals surface area contributed by atoms with E-state index in [-0.39, 0.29) is 11.9 Å². The van der Waals surface area contributed by atoms with Crippen LogP contribution in [0.15, 0.2) is 0 Å². The number of carbonyl (C=O) groups is 1. The predicted octanol–water partition coefficient (Wildman–Crippen LogP) is 1.06. The lowest BCUT2D eigenvalue weighted by Crippen LogP contribution is -2.48. The first-order valence-electron chi connectivity index (χ1n) is 6.74. The number of hydrogen-bond donors (Lipinski definition) is 1. The molecule has 4 heteroatoms. The van der Waals surface area contributed by atoms with Gasteiger partial charge in [-0.1, -0.05) is 13.3 Å². The van der Waals surface area contributed by atoms with Crippen LogP contribution in [0, 0.1) is 0 Å². The van der Waals surface area contributed by atoms with Gasteiger partial charge in [0.2, 0.25) is 5.91 Å². The van der Waals surface area contributed by atoms with Gasteiger partial charge in [0, 0.05) is 31.6 Å². The molecule has 1 fully saturated rings. The molecule has 0 aliphatic carbocycles. The first kappa shape index (κ1) is 14.5. The lowest BCUT2D eigenvalue weighted by atomic mass is 10.0. The molecule has 0 aromatic rings. The summed E-state index contributed by atoms with van der Waals surface area (Å²) in [6.07, 6.45) is 4.80. The summed E-state index contributed by atoms with van der Waals surface area (Å²) in [4.78, 5) is 16.3. The zero-order valence-corrected chi connectivity index (χ0v) is 11.5. The second kappa shape index (κ2) is 6.97. The molecule has 1 saturated heterocycles. The Morgan fingerprint density at radius 3 is 2.82 bits per heavy atom. The summed E-state index contributed by atoms with van der Waals surface area (Å²) < 4.78 is 0. The number of piperidine rings is 1. The maximum atomic E-state index is 12.1. The second-order valence-electron chi connectivity index (χ2n) is 5.35. The molecule has 4 nitrogen and oxygen atoms in total. The Labute approximate surface area is 105 Å². The van der Waals surface area contributed by atoms with Gasteiger partial charge in [-0.3, -0.25) is 4.79 Å². The molecular weight excluding hydrogens is 214 g/mol. The largest absolute Gasteiger partial charge is 0.341 e. The summed E-state index contributed by atoms with van der Waals surface area (Å²) >= 11 is 0. The average Bonchev–Trinajstić information content (AvgIpc) is 2.29. The molecule has 0 radical (unpaired) electrons. The standard InChI is InChI=1S/C13H27N3O/c1-4-6-11(14)9-13(17)16-8-5-7-12(10-16)15(2)3/h11-12H,4-10,14H2,1-3H3. The molecular formula is C13H27N3O. The fourth-order valence-corrected chi connectivity index (χ4v) is 2.43. The minimum absolute atomic E-state index is 0.0345. The molecule has 1 aliphatic heterocycles. The molecule has 0 spiro atoms. The van der Waals surface area contributed by atoms with Crippen LogP contribution < -0.4 is 5.73 Å². The third-order valence-electron chi connectivity index (χ3n) is 3.58. The van der Waals surface area contributed by atoms with Gasteiger partial charge in [0.05, 0.1) is 0 Å². The number of likely N-dealkylation sites (tertiary alicyclic amines) is 1. The van der Waals surface area contributed by atoms with Crippen LogP contribution in [-0.2, 0) is 4.79 Å². The van der Waals surface area contributed by atoms with Crippen LogP contribution in [0.5, 0.6) is 0 Å². The van der Waals surface area contributed by atoms with E-state index in [9.17, 15) is 4.79 Å².